The summed E-state index contributed by atoms with van der Waals surface area (Å²) in [6.07, 6.45) is -0.369. The van der Waals surface area contributed by atoms with Gasteiger partial charge in [0.05, 0.1) is 18.8 Å². The van der Waals surface area contributed by atoms with Crippen LogP contribution in [0.5, 0.6) is 5.75 Å². The standard InChI is InChI=1S/C31H37F3N2O5/c1-16-19-8-7-11-40-26(19)23(32)12-20(16)24-17(2)21-13-36(29(39)35-10-9-31(33,34)15-35)14-22(21)18(3)25(24)27(28(37)38)41-30(4,5)6/h12,27H,7-11,13-15H2,1-6H3,(H,37,38). The van der Waals surface area contributed by atoms with Gasteiger partial charge in [0.1, 0.15) is 0 Å². The fourth-order valence-corrected chi connectivity index (χ4v) is 6.43. The van der Waals surface area contributed by atoms with Crippen LogP contribution in [0.4, 0.5) is 18.0 Å². The molecule has 1 N–H and O–H groups in total. The Hall–Kier alpha value is -3.27. The first-order valence-electron chi connectivity index (χ1n) is 14.0. The maximum atomic E-state index is 15.5. The van der Waals surface area contributed by atoms with E-state index in [2.05, 4.69) is 0 Å². The number of rotatable bonds is 4. The van der Waals surface area contributed by atoms with Crippen LogP contribution in [0.2, 0.25) is 0 Å². The second-order valence-corrected chi connectivity index (χ2v) is 12.4. The van der Waals surface area contributed by atoms with E-state index in [0.29, 0.717) is 40.8 Å². The van der Waals surface area contributed by atoms with Crippen molar-refractivity contribution in [3.05, 3.63) is 50.8 Å². The van der Waals surface area contributed by atoms with Crippen molar-refractivity contribution in [3.63, 3.8) is 0 Å². The predicted octanol–water partition coefficient (Wildman–Crippen LogP) is 6.46. The first-order chi connectivity index (χ1) is 19.1. The number of carboxylic acids is 1. The van der Waals surface area contributed by atoms with Gasteiger partial charge in [-0.05, 0) is 99.4 Å². The molecule has 2 amide bonds. The smallest absolute Gasteiger partial charge is 0.337 e. The topological polar surface area (TPSA) is 79.3 Å². The SMILES string of the molecule is Cc1c(-c2c(C)c3c(c(C)c2C(OC(C)(C)C)C(=O)O)CN(C(=O)N2CCC(F)(F)C2)C3)cc(F)c2c1CCCO2. The number of hydrogen-bond acceptors (Lipinski definition) is 4. The molecule has 0 bridgehead atoms. The first kappa shape index (κ1) is 29.2. The maximum absolute atomic E-state index is 15.5. The van der Waals surface area contributed by atoms with E-state index in [1.807, 2.05) is 13.8 Å². The van der Waals surface area contributed by atoms with Gasteiger partial charge in [0.15, 0.2) is 17.7 Å². The van der Waals surface area contributed by atoms with Gasteiger partial charge < -0.3 is 24.4 Å². The summed E-state index contributed by atoms with van der Waals surface area (Å²) in [5.41, 5.74) is 5.19. The second-order valence-electron chi connectivity index (χ2n) is 12.4. The van der Waals surface area contributed by atoms with Crippen LogP contribution in [-0.2, 0) is 29.0 Å². The molecule has 1 atom stereocenters. The van der Waals surface area contributed by atoms with Gasteiger partial charge in [0.2, 0.25) is 0 Å². The van der Waals surface area contributed by atoms with Crippen LogP contribution < -0.4 is 4.74 Å². The quantitative estimate of drug-likeness (QED) is 0.454. The summed E-state index contributed by atoms with van der Waals surface area (Å²) < 4.78 is 55.0. The van der Waals surface area contributed by atoms with Crippen LogP contribution in [0.25, 0.3) is 11.1 Å². The number of carboxylic acid groups (broad SMARTS) is 1. The Bertz CT molecular complexity index is 1430. The number of hydrogen-bond donors (Lipinski definition) is 1. The normalized spacial score (nSPS) is 18.7. The van der Waals surface area contributed by atoms with Gasteiger partial charge in [-0.1, -0.05) is 0 Å². The Morgan fingerprint density at radius 2 is 1.71 bits per heavy atom. The van der Waals surface area contributed by atoms with Crippen molar-refractivity contribution in [3.8, 4) is 16.9 Å². The summed E-state index contributed by atoms with van der Waals surface area (Å²) in [6, 6.07) is 0.923. The number of carbonyl (C=O) groups excluding carboxylic acids is 1. The molecule has 0 radical (unpaired) electrons. The minimum atomic E-state index is -2.91. The van der Waals surface area contributed by atoms with Crippen molar-refractivity contribution >= 4 is 12.0 Å². The van der Waals surface area contributed by atoms with Gasteiger partial charge in [-0.25, -0.2) is 22.8 Å². The number of ether oxygens (including phenoxy) is 2. The summed E-state index contributed by atoms with van der Waals surface area (Å²) >= 11 is 0. The molecule has 0 spiro atoms. The highest BCUT2D eigenvalue weighted by molar-refractivity contribution is 5.86. The number of nitrogens with zero attached hydrogens (tertiary/aromatic N) is 2. The number of amides is 2. The number of urea groups is 1. The van der Waals surface area contributed by atoms with Crippen molar-refractivity contribution in [1.82, 2.24) is 9.80 Å². The first-order valence-corrected chi connectivity index (χ1v) is 14.0. The van der Waals surface area contributed by atoms with Gasteiger partial charge in [0.25, 0.3) is 5.92 Å². The average molecular weight is 575 g/mol. The number of carbonyl (C=O) groups is 2. The third-order valence-electron chi connectivity index (χ3n) is 8.39. The van der Waals surface area contributed by atoms with Crippen LogP contribution in [0.1, 0.15) is 78.7 Å². The highest BCUT2D eigenvalue weighted by Crippen LogP contribution is 2.47. The Kier molecular flexibility index (Phi) is 7.29. The minimum absolute atomic E-state index is 0.0245. The van der Waals surface area contributed by atoms with Crippen molar-refractivity contribution in [2.75, 3.05) is 19.7 Å². The lowest BCUT2D eigenvalue weighted by Crippen LogP contribution is -2.40. The van der Waals surface area contributed by atoms with E-state index in [0.717, 1.165) is 28.7 Å². The summed E-state index contributed by atoms with van der Waals surface area (Å²) in [6.45, 7) is 11.0. The molecule has 10 heteroatoms. The Morgan fingerprint density at radius 3 is 2.29 bits per heavy atom. The van der Waals surface area contributed by atoms with Crippen LogP contribution in [0, 0.1) is 26.6 Å². The molecular formula is C31H37F3N2O5. The molecule has 1 saturated heterocycles. The van der Waals surface area contributed by atoms with E-state index >= 15 is 4.39 Å². The Balaban J connectivity index is 1.70. The molecule has 2 aromatic rings. The molecule has 0 saturated carbocycles. The summed E-state index contributed by atoms with van der Waals surface area (Å²) in [5, 5.41) is 10.4. The van der Waals surface area contributed by atoms with E-state index < -0.39 is 42.0 Å². The zero-order valence-corrected chi connectivity index (χ0v) is 24.4. The summed E-state index contributed by atoms with van der Waals surface area (Å²) in [4.78, 5) is 28.7. The Morgan fingerprint density at radius 1 is 1.05 bits per heavy atom. The highest BCUT2D eigenvalue weighted by Gasteiger charge is 2.43. The van der Waals surface area contributed by atoms with Gasteiger partial charge in [0, 0.05) is 37.2 Å². The van der Waals surface area contributed by atoms with Gasteiger partial charge in [-0.15, -0.1) is 0 Å². The Labute approximate surface area is 238 Å². The molecule has 0 aliphatic carbocycles. The average Bonchev–Trinajstić information content (AvgIpc) is 3.50. The number of alkyl halides is 2. The number of halogens is 3. The molecule has 3 aliphatic heterocycles. The highest BCUT2D eigenvalue weighted by atomic mass is 19.3. The molecule has 41 heavy (non-hydrogen) atoms. The van der Waals surface area contributed by atoms with E-state index in [4.69, 9.17) is 9.47 Å². The maximum Gasteiger partial charge on any atom is 0.337 e. The molecule has 222 valence electrons. The third-order valence-corrected chi connectivity index (χ3v) is 8.39. The zero-order valence-electron chi connectivity index (χ0n) is 24.4. The summed E-state index contributed by atoms with van der Waals surface area (Å²) in [7, 11) is 0. The molecule has 1 unspecified atom stereocenters. The lowest BCUT2D eigenvalue weighted by Gasteiger charge is -2.31. The van der Waals surface area contributed by atoms with Crippen molar-refractivity contribution < 1.29 is 37.3 Å². The molecule has 0 aromatic heterocycles. The molecular weight excluding hydrogens is 537 g/mol. The lowest BCUT2D eigenvalue weighted by atomic mass is 9.81. The van der Waals surface area contributed by atoms with Crippen molar-refractivity contribution in [2.45, 2.75) is 91.5 Å². The zero-order chi connectivity index (χ0) is 30.0. The summed E-state index contributed by atoms with van der Waals surface area (Å²) in [5.74, 6) is -4.38. The van der Waals surface area contributed by atoms with Gasteiger partial charge in [-0.2, -0.15) is 0 Å². The molecule has 1 fully saturated rings. The largest absolute Gasteiger partial charge is 0.490 e. The molecule has 3 heterocycles. The fraction of sp³-hybridized carbons (Fsp3) is 0.548. The third kappa shape index (κ3) is 5.27. The molecule has 5 rings (SSSR count). The number of aliphatic carboxylic acids is 1. The van der Waals surface area contributed by atoms with Gasteiger partial charge in [-0.3, -0.25) is 0 Å². The van der Waals surface area contributed by atoms with Crippen molar-refractivity contribution in [2.24, 2.45) is 0 Å². The number of likely N-dealkylation sites (tertiary alicyclic amines) is 1. The monoisotopic (exact) mass is 574 g/mol. The van der Waals surface area contributed by atoms with E-state index in [1.54, 1.807) is 27.7 Å². The number of fused-ring (bicyclic) bond motifs is 2. The van der Waals surface area contributed by atoms with Crippen LogP contribution in [0.3, 0.4) is 0 Å². The number of benzene rings is 2. The van der Waals surface area contributed by atoms with Gasteiger partial charge >= 0.3 is 12.0 Å². The minimum Gasteiger partial charge on any atom is -0.490 e. The van der Waals surface area contributed by atoms with Crippen molar-refractivity contribution in [1.29, 1.82) is 0 Å². The lowest BCUT2D eigenvalue weighted by molar-refractivity contribution is -0.160. The second kappa shape index (κ2) is 10.2. The fourth-order valence-electron chi connectivity index (χ4n) is 6.43. The molecule has 3 aliphatic rings. The van der Waals surface area contributed by atoms with Crippen LogP contribution >= 0.6 is 0 Å². The van der Waals surface area contributed by atoms with E-state index in [1.165, 1.54) is 15.9 Å². The molecule has 7 nitrogen and oxygen atoms in total. The predicted molar refractivity (Wildman–Crippen MR) is 147 cm³/mol. The van der Waals surface area contributed by atoms with E-state index in [-0.39, 0.29) is 31.8 Å². The van der Waals surface area contributed by atoms with Crippen LogP contribution in [0.15, 0.2) is 6.07 Å². The van der Waals surface area contributed by atoms with E-state index in [9.17, 15) is 23.5 Å². The van der Waals surface area contributed by atoms with Crippen LogP contribution in [-0.4, -0.2) is 58.1 Å². The molecule has 2 aromatic carbocycles.